The van der Waals surface area contributed by atoms with Gasteiger partial charge in [0.05, 0.1) is 18.8 Å². The summed E-state index contributed by atoms with van der Waals surface area (Å²) < 4.78 is 11.3. The van der Waals surface area contributed by atoms with Gasteiger partial charge in [0.25, 0.3) is 0 Å². The first-order chi connectivity index (χ1) is 21.8. The summed E-state index contributed by atoms with van der Waals surface area (Å²) in [5, 5.41) is 51.2. The summed E-state index contributed by atoms with van der Waals surface area (Å²) in [6.07, 6.45) is 18.2. The summed E-state index contributed by atoms with van der Waals surface area (Å²) in [5.41, 5.74) is 6.37. The molecule has 0 aliphatic carbocycles. The Morgan fingerprint density at radius 1 is 0.733 bits per heavy atom. The molecule has 0 saturated carbocycles. The average Bonchev–Trinajstić information content (AvgIpc) is 3.04. The van der Waals surface area contributed by atoms with Gasteiger partial charge in [-0.1, -0.05) is 142 Å². The van der Waals surface area contributed by atoms with Crippen LogP contribution < -0.4 is 5.73 Å². The van der Waals surface area contributed by atoms with Crippen molar-refractivity contribution in [2.45, 2.75) is 204 Å². The Hall–Kier alpha value is -0.910. The van der Waals surface area contributed by atoms with Crippen LogP contribution in [0.2, 0.25) is 0 Å². The van der Waals surface area contributed by atoms with E-state index in [-0.39, 0.29) is 12.2 Å². The second-order valence-electron chi connectivity index (χ2n) is 13.1. The predicted octanol–water partition coefficient (Wildman–Crippen LogP) is 5.61. The Labute approximate surface area is 274 Å². The normalized spacial score (nSPS) is 24.2. The molecule has 0 aromatic carbocycles. The number of unbranched alkanes of at least 4 members (excludes halogenated alkanes) is 19. The van der Waals surface area contributed by atoms with Crippen LogP contribution in [0.15, 0.2) is 12.2 Å². The molecule has 9 nitrogen and oxygen atoms in total. The van der Waals surface area contributed by atoms with Crippen molar-refractivity contribution in [1.82, 2.24) is 0 Å². The second kappa shape index (κ2) is 27.1. The Kier molecular flexibility index (Phi) is 25.3. The zero-order valence-electron chi connectivity index (χ0n) is 28.6. The summed E-state index contributed by atoms with van der Waals surface area (Å²) in [6, 6.07) is -1.13. The van der Waals surface area contributed by atoms with Gasteiger partial charge < -0.3 is 40.7 Å². The zero-order valence-corrected chi connectivity index (χ0v) is 28.6. The number of allylic oxidation sites excluding steroid dienone is 1. The van der Waals surface area contributed by atoms with E-state index in [0.717, 1.165) is 38.5 Å². The minimum Gasteiger partial charge on any atom is -0.394 e. The van der Waals surface area contributed by atoms with Crippen molar-refractivity contribution < 1.29 is 39.8 Å². The number of carbonyl (C=O) groups excluding carboxylic acids is 1. The highest BCUT2D eigenvalue weighted by molar-refractivity contribution is 5.84. The molecule has 9 heteroatoms. The van der Waals surface area contributed by atoms with Crippen LogP contribution in [0.4, 0.5) is 0 Å². The summed E-state index contributed by atoms with van der Waals surface area (Å²) in [7, 11) is 0. The molecule has 1 fully saturated rings. The number of rotatable bonds is 29. The standard InChI is InChI=1S/C36H69NO8/c1-3-5-7-9-11-13-14-15-16-18-19-21-23-25-28(39)31(37)35(29(40)26-24-22-20-17-12-10-8-6-4-2)45-36-34(43)33(42)32(41)30(27-38)44-36/h23,25,28,30-36,38-39,41-43H,3-22,24,26-27,37H2,1-2H3/t28?,30-,31?,32-,33+,34-,35?,36?/m1/s1. The van der Waals surface area contributed by atoms with Crippen LogP contribution in [0.5, 0.6) is 0 Å². The maximum Gasteiger partial charge on any atom is 0.187 e. The van der Waals surface area contributed by atoms with E-state index < -0.39 is 55.6 Å². The van der Waals surface area contributed by atoms with Crippen molar-refractivity contribution >= 4 is 5.78 Å². The van der Waals surface area contributed by atoms with E-state index in [0.29, 0.717) is 6.42 Å². The Bertz CT molecular complexity index is 736. The molecule has 1 rings (SSSR count). The minimum atomic E-state index is -1.66. The van der Waals surface area contributed by atoms with Crippen LogP contribution in [0.25, 0.3) is 0 Å². The second-order valence-corrected chi connectivity index (χ2v) is 13.1. The minimum absolute atomic E-state index is 0.195. The van der Waals surface area contributed by atoms with E-state index in [1.54, 1.807) is 6.08 Å². The van der Waals surface area contributed by atoms with Gasteiger partial charge in [-0.15, -0.1) is 0 Å². The maximum atomic E-state index is 13.3. The summed E-state index contributed by atoms with van der Waals surface area (Å²) in [6.45, 7) is 3.83. The molecule has 7 N–H and O–H groups in total. The van der Waals surface area contributed by atoms with Crippen molar-refractivity contribution in [3.63, 3.8) is 0 Å². The van der Waals surface area contributed by atoms with Gasteiger partial charge in [0.1, 0.15) is 30.5 Å². The first-order valence-electron chi connectivity index (χ1n) is 18.4. The fraction of sp³-hybridized carbons (Fsp3) is 0.917. The third-order valence-corrected chi connectivity index (χ3v) is 9.02. The number of nitrogens with two attached hydrogens (primary N) is 1. The highest BCUT2D eigenvalue weighted by Crippen LogP contribution is 2.25. The van der Waals surface area contributed by atoms with Gasteiger partial charge in [-0.05, 0) is 19.3 Å². The maximum absolute atomic E-state index is 13.3. The van der Waals surface area contributed by atoms with E-state index in [1.807, 2.05) is 6.08 Å². The number of aliphatic hydroxyl groups excluding tert-OH is 5. The van der Waals surface area contributed by atoms with E-state index in [4.69, 9.17) is 15.2 Å². The lowest BCUT2D eigenvalue weighted by Gasteiger charge is -2.41. The van der Waals surface area contributed by atoms with Gasteiger partial charge in [-0.2, -0.15) is 0 Å². The van der Waals surface area contributed by atoms with Crippen LogP contribution in [-0.4, -0.2) is 86.9 Å². The molecule has 1 saturated heterocycles. The Morgan fingerprint density at radius 3 is 1.69 bits per heavy atom. The quantitative estimate of drug-likeness (QED) is 0.0449. The number of ketones is 1. The fourth-order valence-corrected chi connectivity index (χ4v) is 5.93. The van der Waals surface area contributed by atoms with Crippen molar-refractivity contribution in [2.24, 2.45) is 5.73 Å². The van der Waals surface area contributed by atoms with Gasteiger partial charge in [0.2, 0.25) is 0 Å². The highest BCUT2D eigenvalue weighted by Gasteiger charge is 2.46. The highest BCUT2D eigenvalue weighted by atomic mass is 16.7. The summed E-state index contributed by atoms with van der Waals surface area (Å²) in [4.78, 5) is 13.3. The molecule has 1 aliphatic rings. The van der Waals surface area contributed by atoms with E-state index in [1.165, 1.54) is 89.9 Å². The van der Waals surface area contributed by atoms with Crippen LogP contribution in [0.1, 0.15) is 155 Å². The average molecular weight is 644 g/mol. The largest absolute Gasteiger partial charge is 0.394 e. The third-order valence-electron chi connectivity index (χ3n) is 9.02. The molecule has 0 radical (unpaired) electrons. The molecule has 0 aromatic heterocycles. The van der Waals surface area contributed by atoms with Crippen molar-refractivity contribution in [3.05, 3.63) is 12.2 Å². The number of hydrogen-bond donors (Lipinski definition) is 6. The van der Waals surface area contributed by atoms with Crippen LogP contribution in [0.3, 0.4) is 0 Å². The molecule has 45 heavy (non-hydrogen) atoms. The molecular formula is C36H69NO8. The topological polar surface area (TPSA) is 163 Å². The first-order valence-corrected chi connectivity index (χ1v) is 18.4. The van der Waals surface area contributed by atoms with Crippen LogP contribution >= 0.6 is 0 Å². The lowest BCUT2D eigenvalue weighted by molar-refractivity contribution is -0.310. The molecule has 0 bridgehead atoms. The molecule has 0 spiro atoms. The number of hydrogen-bond acceptors (Lipinski definition) is 9. The van der Waals surface area contributed by atoms with E-state index in [2.05, 4.69) is 13.8 Å². The van der Waals surface area contributed by atoms with Gasteiger partial charge in [-0.25, -0.2) is 0 Å². The number of Topliss-reactive ketones (excluding diaryl/α,β-unsaturated/α-hetero) is 1. The molecule has 0 amide bonds. The van der Waals surface area contributed by atoms with Crippen molar-refractivity contribution in [3.8, 4) is 0 Å². The molecular weight excluding hydrogens is 574 g/mol. The zero-order chi connectivity index (χ0) is 33.3. The number of aliphatic hydroxyl groups is 5. The molecule has 8 atom stereocenters. The first kappa shape index (κ1) is 42.1. The molecule has 4 unspecified atom stereocenters. The van der Waals surface area contributed by atoms with Crippen LogP contribution in [-0.2, 0) is 14.3 Å². The molecule has 266 valence electrons. The van der Waals surface area contributed by atoms with Gasteiger partial charge in [0.15, 0.2) is 12.1 Å². The van der Waals surface area contributed by atoms with Gasteiger partial charge in [0, 0.05) is 6.42 Å². The number of ether oxygens (including phenoxy) is 2. The smallest absolute Gasteiger partial charge is 0.187 e. The number of carbonyl (C=O) groups is 1. The van der Waals surface area contributed by atoms with Gasteiger partial charge >= 0.3 is 0 Å². The van der Waals surface area contributed by atoms with Crippen LogP contribution in [0, 0.1) is 0 Å². The lowest BCUT2D eigenvalue weighted by atomic mass is 9.96. The SMILES string of the molecule is CCCCCCCCCCCCCC=CC(O)C(N)C(OC1O[C@H](CO)[C@@H](O)[C@H](O)[C@H]1O)C(=O)CCCCCCCCCCC. The Balaban J connectivity index is 2.58. The van der Waals surface area contributed by atoms with Crippen molar-refractivity contribution in [2.75, 3.05) is 6.61 Å². The predicted molar refractivity (Wildman–Crippen MR) is 180 cm³/mol. The Morgan fingerprint density at radius 2 is 1.20 bits per heavy atom. The van der Waals surface area contributed by atoms with Crippen molar-refractivity contribution in [1.29, 1.82) is 0 Å². The third kappa shape index (κ3) is 18.3. The lowest BCUT2D eigenvalue weighted by Crippen LogP contribution is -2.61. The summed E-state index contributed by atoms with van der Waals surface area (Å²) >= 11 is 0. The van der Waals surface area contributed by atoms with E-state index in [9.17, 15) is 30.3 Å². The molecule has 1 aliphatic heterocycles. The molecule has 0 aromatic rings. The fourth-order valence-electron chi connectivity index (χ4n) is 5.93. The van der Waals surface area contributed by atoms with Gasteiger partial charge in [-0.3, -0.25) is 4.79 Å². The molecule has 1 heterocycles. The monoisotopic (exact) mass is 644 g/mol. The van der Waals surface area contributed by atoms with E-state index >= 15 is 0 Å². The summed E-state index contributed by atoms with van der Waals surface area (Å²) in [5.74, 6) is -0.319.